The minimum atomic E-state index is -4.56. The summed E-state index contributed by atoms with van der Waals surface area (Å²) in [6.45, 7) is 6.17. The van der Waals surface area contributed by atoms with Gasteiger partial charge in [-0.05, 0) is 24.3 Å². The highest BCUT2D eigenvalue weighted by molar-refractivity contribution is 5.91. The predicted octanol–water partition coefficient (Wildman–Crippen LogP) is 4.26. The van der Waals surface area contributed by atoms with Gasteiger partial charge in [-0.25, -0.2) is 4.98 Å². The first kappa shape index (κ1) is 19.5. The van der Waals surface area contributed by atoms with Gasteiger partial charge < -0.3 is 10.6 Å². The lowest BCUT2D eigenvalue weighted by Gasteiger charge is -2.22. The highest BCUT2D eigenvalue weighted by atomic mass is 35.5. The summed E-state index contributed by atoms with van der Waals surface area (Å²) in [6.07, 6.45) is -3.03. The predicted molar refractivity (Wildman–Crippen MR) is 86.0 cm³/mol. The van der Waals surface area contributed by atoms with Gasteiger partial charge in [-0.3, -0.25) is 4.79 Å². The second-order valence-electron chi connectivity index (χ2n) is 6.69. The molecule has 2 N–H and O–H groups in total. The zero-order chi connectivity index (χ0) is 16.5. The second kappa shape index (κ2) is 6.95. The van der Waals surface area contributed by atoms with Gasteiger partial charge in [0.05, 0.1) is 11.4 Å². The lowest BCUT2D eigenvalue weighted by molar-refractivity contribution is -0.137. The van der Waals surface area contributed by atoms with Crippen LogP contribution in [0.1, 0.15) is 44.9 Å². The molecule has 0 atom stereocenters. The summed E-state index contributed by atoms with van der Waals surface area (Å²) in [5, 5.41) is 5.24. The normalized spacial score (nSPS) is 14.3. The van der Waals surface area contributed by atoms with Crippen LogP contribution in [0.3, 0.4) is 0 Å². The third-order valence-corrected chi connectivity index (χ3v) is 3.26. The fraction of sp³-hybridized carbons (Fsp3) is 0.600. The number of pyridine rings is 1. The number of hydrogen-bond acceptors (Lipinski definition) is 3. The van der Waals surface area contributed by atoms with E-state index in [-0.39, 0.29) is 24.2 Å². The van der Waals surface area contributed by atoms with E-state index in [1.807, 2.05) is 20.8 Å². The number of carbonyl (C=O) groups is 1. The van der Waals surface area contributed by atoms with E-state index in [0.717, 1.165) is 12.5 Å². The molecule has 0 unspecified atom stereocenters. The molecule has 0 aliphatic carbocycles. The standard InChI is InChI=1S/C15H20F3N3O.ClH/c1-14(2,3)8-12(22)21-13-9(15(16,17)18)7-11-10(20-13)5-4-6-19-11;/h7,19H,4-6,8H2,1-3H3,(H,20,21,22);1H. The molecule has 1 aromatic heterocycles. The summed E-state index contributed by atoms with van der Waals surface area (Å²) in [4.78, 5) is 16.0. The SMILES string of the molecule is CC(C)(C)CC(=O)Nc1nc2c(cc1C(F)(F)F)NCCC2.Cl. The van der Waals surface area contributed by atoms with Gasteiger partial charge in [0.25, 0.3) is 0 Å². The van der Waals surface area contributed by atoms with Crippen LogP contribution in [-0.4, -0.2) is 17.4 Å². The molecule has 8 heteroatoms. The summed E-state index contributed by atoms with van der Waals surface area (Å²) in [7, 11) is 0. The van der Waals surface area contributed by atoms with Crippen molar-refractivity contribution in [3.63, 3.8) is 0 Å². The van der Waals surface area contributed by atoms with Crippen LogP contribution < -0.4 is 10.6 Å². The van der Waals surface area contributed by atoms with Crippen molar-refractivity contribution < 1.29 is 18.0 Å². The van der Waals surface area contributed by atoms with E-state index in [1.54, 1.807) is 0 Å². The number of hydrogen-bond donors (Lipinski definition) is 2. The van der Waals surface area contributed by atoms with E-state index in [9.17, 15) is 18.0 Å². The lowest BCUT2D eigenvalue weighted by Crippen LogP contribution is -2.24. The number of aromatic nitrogens is 1. The Morgan fingerprint density at radius 3 is 2.57 bits per heavy atom. The molecule has 2 heterocycles. The third-order valence-electron chi connectivity index (χ3n) is 3.26. The van der Waals surface area contributed by atoms with E-state index in [2.05, 4.69) is 15.6 Å². The Balaban J connectivity index is 0.00000264. The van der Waals surface area contributed by atoms with E-state index >= 15 is 0 Å². The van der Waals surface area contributed by atoms with Gasteiger partial charge in [-0.1, -0.05) is 20.8 Å². The molecule has 0 spiro atoms. The quantitative estimate of drug-likeness (QED) is 0.837. The van der Waals surface area contributed by atoms with Crippen LogP contribution in [0, 0.1) is 5.41 Å². The van der Waals surface area contributed by atoms with Gasteiger partial charge in [0.2, 0.25) is 5.91 Å². The van der Waals surface area contributed by atoms with Gasteiger partial charge in [-0.15, -0.1) is 12.4 Å². The number of alkyl halides is 3. The number of fused-ring (bicyclic) bond motifs is 1. The smallest absolute Gasteiger partial charge is 0.384 e. The Labute approximate surface area is 139 Å². The Morgan fingerprint density at radius 2 is 2.00 bits per heavy atom. The van der Waals surface area contributed by atoms with Crippen LogP contribution in [0.25, 0.3) is 0 Å². The van der Waals surface area contributed by atoms with Crippen LogP contribution in [0.5, 0.6) is 0 Å². The number of carbonyl (C=O) groups excluding carboxylic acids is 1. The fourth-order valence-corrected chi connectivity index (χ4v) is 2.34. The van der Waals surface area contributed by atoms with Crippen LogP contribution >= 0.6 is 12.4 Å². The summed E-state index contributed by atoms with van der Waals surface area (Å²) in [5.41, 5.74) is -0.265. The summed E-state index contributed by atoms with van der Waals surface area (Å²) in [6, 6.07) is 1.04. The van der Waals surface area contributed by atoms with E-state index in [0.29, 0.717) is 24.3 Å². The summed E-state index contributed by atoms with van der Waals surface area (Å²) < 4.78 is 39.6. The average Bonchev–Trinajstić information content (AvgIpc) is 2.34. The highest BCUT2D eigenvalue weighted by Crippen LogP contribution is 2.37. The van der Waals surface area contributed by atoms with Gasteiger partial charge >= 0.3 is 6.18 Å². The molecule has 1 aliphatic heterocycles. The Kier molecular flexibility index (Phi) is 5.90. The van der Waals surface area contributed by atoms with Crippen LogP contribution in [0.15, 0.2) is 6.07 Å². The molecule has 0 saturated carbocycles. The molecule has 1 aromatic rings. The van der Waals surface area contributed by atoms with Crippen LogP contribution in [0.2, 0.25) is 0 Å². The number of halogens is 4. The molecule has 130 valence electrons. The molecule has 0 saturated heterocycles. The van der Waals surface area contributed by atoms with E-state index in [1.165, 1.54) is 0 Å². The van der Waals surface area contributed by atoms with Crippen LogP contribution in [0.4, 0.5) is 24.7 Å². The zero-order valence-electron chi connectivity index (χ0n) is 13.3. The van der Waals surface area contributed by atoms with E-state index in [4.69, 9.17) is 0 Å². The van der Waals surface area contributed by atoms with Crippen molar-refractivity contribution in [3.05, 3.63) is 17.3 Å². The van der Waals surface area contributed by atoms with Crippen molar-refractivity contribution in [2.24, 2.45) is 5.41 Å². The van der Waals surface area contributed by atoms with Crippen molar-refractivity contribution in [2.75, 3.05) is 17.2 Å². The van der Waals surface area contributed by atoms with E-state index < -0.39 is 23.5 Å². The molecule has 0 bridgehead atoms. The molecule has 4 nitrogen and oxygen atoms in total. The van der Waals surface area contributed by atoms with Crippen molar-refractivity contribution >= 4 is 29.8 Å². The Bertz CT molecular complexity index is 583. The lowest BCUT2D eigenvalue weighted by atomic mass is 9.92. The molecule has 23 heavy (non-hydrogen) atoms. The van der Waals surface area contributed by atoms with Crippen molar-refractivity contribution in [1.29, 1.82) is 0 Å². The minimum absolute atomic E-state index is 0. The minimum Gasteiger partial charge on any atom is -0.384 e. The summed E-state index contributed by atoms with van der Waals surface area (Å²) >= 11 is 0. The van der Waals surface area contributed by atoms with Crippen molar-refractivity contribution in [3.8, 4) is 0 Å². The molecule has 1 aliphatic rings. The van der Waals surface area contributed by atoms with Crippen molar-refractivity contribution in [1.82, 2.24) is 4.98 Å². The Morgan fingerprint density at radius 1 is 1.35 bits per heavy atom. The molecule has 0 radical (unpaired) electrons. The maximum atomic E-state index is 13.2. The first-order valence-electron chi connectivity index (χ1n) is 7.21. The monoisotopic (exact) mass is 351 g/mol. The van der Waals surface area contributed by atoms with Gasteiger partial charge in [0, 0.05) is 13.0 Å². The van der Waals surface area contributed by atoms with Crippen LogP contribution in [-0.2, 0) is 17.4 Å². The van der Waals surface area contributed by atoms with Crippen molar-refractivity contribution in [2.45, 2.75) is 46.2 Å². The molecule has 0 aromatic carbocycles. The first-order valence-corrected chi connectivity index (χ1v) is 7.21. The first-order chi connectivity index (χ1) is 10.1. The fourth-order valence-electron chi connectivity index (χ4n) is 2.34. The average molecular weight is 352 g/mol. The Hall–Kier alpha value is -1.50. The molecule has 2 rings (SSSR count). The number of nitrogens with one attached hydrogen (secondary N) is 2. The molecular weight excluding hydrogens is 331 g/mol. The molecular formula is C15H21ClF3N3O. The van der Waals surface area contributed by atoms with Gasteiger partial charge in [0.1, 0.15) is 11.4 Å². The maximum Gasteiger partial charge on any atom is 0.420 e. The highest BCUT2D eigenvalue weighted by Gasteiger charge is 2.36. The third kappa shape index (κ3) is 5.27. The summed E-state index contributed by atoms with van der Waals surface area (Å²) in [5.74, 6) is -0.863. The molecule has 1 amide bonds. The number of amides is 1. The number of anilines is 2. The maximum absolute atomic E-state index is 13.2. The largest absolute Gasteiger partial charge is 0.420 e. The second-order valence-corrected chi connectivity index (χ2v) is 6.69. The van der Waals surface area contributed by atoms with Gasteiger partial charge in [0.15, 0.2) is 0 Å². The van der Waals surface area contributed by atoms with Gasteiger partial charge in [-0.2, -0.15) is 13.2 Å². The number of nitrogens with zero attached hydrogens (tertiary/aromatic N) is 1. The number of rotatable bonds is 2. The number of aryl methyl sites for hydroxylation is 1. The topological polar surface area (TPSA) is 54.0 Å². The zero-order valence-corrected chi connectivity index (χ0v) is 14.1. The molecule has 0 fully saturated rings.